The minimum absolute atomic E-state index is 0.318. The van der Waals surface area contributed by atoms with Crippen LogP contribution in [0.15, 0.2) is 18.2 Å². The molecule has 1 N–H and O–H groups in total. The van der Waals surface area contributed by atoms with Gasteiger partial charge < -0.3 is 14.7 Å². The molecule has 118 valence electrons. The second-order valence-corrected chi connectivity index (χ2v) is 6.51. The Balaban J connectivity index is 1.75. The number of ether oxygens (including phenoxy) is 1. The summed E-state index contributed by atoms with van der Waals surface area (Å²) in [6.07, 6.45) is 6.01. The number of likely N-dealkylation sites (N-methyl/N-ethyl adjacent to an activating group) is 1. The highest BCUT2D eigenvalue weighted by Gasteiger charge is 2.20. The van der Waals surface area contributed by atoms with Crippen LogP contribution < -0.4 is 4.74 Å². The second kappa shape index (κ2) is 8.02. The standard InChI is InChI=1S/C17H26ClNO2/c1-13-10-16(8-9-17(13)18)21-12-15(20)11-19(2)14-6-4-3-5-7-14/h8-10,14-15,20H,3-7,11-12H2,1-2H3/t15-/m0/s1. The SMILES string of the molecule is Cc1cc(OC[C@@H](O)CN(C)C2CCCCC2)ccc1Cl. The van der Waals surface area contributed by atoms with Gasteiger partial charge in [0.05, 0.1) is 0 Å². The summed E-state index contributed by atoms with van der Waals surface area (Å²) in [4.78, 5) is 2.28. The summed E-state index contributed by atoms with van der Waals surface area (Å²) in [6.45, 7) is 2.93. The van der Waals surface area contributed by atoms with Crippen molar-refractivity contribution in [1.82, 2.24) is 4.90 Å². The van der Waals surface area contributed by atoms with Gasteiger partial charge in [-0.15, -0.1) is 0 Å². The lowest BCUT2D eigenvalue weighted by Gasteiger charge is -2.32. The summed E-state index contributed by atoms with van der Waals surface area (Å²) >= 11 is 5.99. The highest BCUT2D eigenvalue weighted by Crippen LogP contribution is 2.23. The average molecular weight is 312 g/mol. The number of hydrogen-bond acceptors (Lipinski definition) is 3. The van der Waals surface area contributed by atoms with E-state index in [9.17, 15) is 5.11 Å². The van der Waals surface area contributed by atoms with Gasteiger partial charge in [-0.05, 0) is 50.6 Å². The number of hydrogen-bond donors (Lipinski definition) is 1. The first-order chi connectivity index (χ1) is 10.1. The van der Waals surface area contributed by atoms with Crippen LogP contribution >= 0.6 is 11.6 Å². The maximum absolute atomic E-state index is 10.1. The Morgan fingerprint density at radius 2 is 2.05 bits per heavy atom. The fraction of sp³-hybridized carbons (Fsp3) is 0.647. The monoisotopic (exact) mass is 311 g/mol. The van der Waals surface area contributed by atoms with Crippen LogP contribution in [0.4, 0.5) is 0 Å². The van der Waals surface area contributed by atoms with Crippen LogP contribution in [-0.4, -0.2) is 42.4 Å². The summed E-state index contributed by atoms with van der Waals surface area (Å²) in [6, 6.07) is 6.19. The van der Waals surface area contributed by atoms with Gasteiger partial charge in [-0.3, -0.25) is 0 Å². The molecule has 0 spiro atoms. The Hall–Kier alpha value is -0.770. The predicted octanol–water partition coefficient (Wildman–Crippen LogP) is 3.65. The molecule has 0 heterocycles. The zero-order valence-electron chi connectivity index (χ0n) is 13.0. The molecule has 0 bridgehead atoms. The number of rotatable bonds is 6. The van der Waals surface area contributed by atoms with Gasteiger partial charge in [0.2, 0.25) is 0 Å². The Morgan fingerprint density at radius 1 is 1.33 bits per heavy atom. The maximum atomic E-state index is 10.1. The molecule has 1 aliphatic carbocycles. The molecule has 0 aromatic heterocycles. The van der Waals surface area contributed by atoms with Gasteiger partial charge in [0.1, 0.15) is 18.5 Å². The molecule has 3 nitrogen and oxygen atoms in total. The normalized spacial score (nSPS) is 18.0. The lowest BCUT2D eigenvalue weighted by molar-refractivity contribution is 0.0561. The van der Waals surface area contributed by atoms with Gasteiger partial charge in [0, 0.05) is 17.6 Å². The molecular formula is C17H26ClNO2. The van der Waals surface area contributed by atoms with E-state index in [1.165, 1.54) is 32.1 Å². The Kier molecular flexibility index (Phi) is 6.34. The van der Waals surface area contributed by atoms with E-state index in [0.717, 1.165) is 16.3 Å². The third kappa shape index (κ3) is 5.17. The van der Waals surface area contributed by atoms with Gasteiger partial charge >= 0.3 is 0 Å². The van der Waals surface area contributed by atoms with Crippen molar-refractivity contribution in [2.45, 2.75) is 51.2 Å². The molecule has 21 heavy (non-hydrogen) atoms. The van der Waals surface area contributed by atoms with Crippen molar-refractivity contribution in [2.75, 3.05) is 20.2 Å². The van der Waals surface area contributed by atoms with Crippen LogP contribution in [0.1, 0.15) is 37.7 Å². The van der Waals surface area contributed by atoms with E-state index in [4.69, 9.17) is 16.3 Å². The van der Waals surface area contributed by atoms with Crippen molar-refractivity contribution in [3.8, 4) is 5.75 Å². The first kappa shape index (κ1) is 16.6. The fourth-order valence-electron chi connectivity index (χ4n) is 2.96. The maximum Gasteiger partial charge on any atom is 0.119 e. The fourth-order valence-corrected chi connectivity index (χ4v) is 3.07. The van der Waals surface area contributed by atoms with Crippen LogP contribution in [0.25, 0.3) is 0 Å². The third-order valence-electron chi connectivity index (χ3n) is 4.27. The number of benzene rings is 1. The van der Waals surface area contributed by atoms with Crippen LogP contribution in [-0.2, 0) is 0 Å². The van der Waals surface area contributed by atoms with E-state index >= 15 is 0 Å². The number of halogens is 1. The highest BCUT2D eigenvalue weighted by atomic mass is 35.5. The summed E-state index contributed by atoms with van der Waals surface area (Å²) in [5.74, 6) is 0.760. The van der Waals surface area contributed by atoms with Crippen LogP contribution in [0.2, 0.25) is 5.02 Å². The molecule has 0 aliphatic heterocycles. The predicted molar refractivity (Wildman–Crippen MR) is 87.2 cm³/mol. The molecule has 1 saturated carbocycles. The van der Waals surface area contributed by atoms with Gasteiger partial charge in [-0.1, -0.05) is 30.9 Å². The molecular weight excluding hydrogens is 286 g/mol. The Bertz CT molecular complexity index is 446. The largest absolute Gasteiger partial charge is 0.491 e. The van der Waals surface area contributed by atoms with Gasteiger partial charge in [0.15, 0.2) is 0 Å². The van der Waals surface area contributed by atoms with Gasteiger partial charge in [-0.25, -0.2) is 0 Å². The number of nitrogens with zero attached hydrogens (tertiary/aromatic N) is 1. The zero-order valence-corrected chi connectivity index (χ0v) is 13.8. The van der Waals surface area contributed by atoms with Crippen molar-refractivity contribution in [3.63, 3.8) is 0 Å². The molecule has 1 aliphatic rings. The van der Waals surface area contributed by atoms with Crippen molar-refractivity contribution < 1.29 is 9.84 Å². The topological polar surface area (TPSA) is 32.7 Å². The van der Waals surface area contributed by atoms with E-state index < -0.39 is 6.10 Å². The van der Waals surface area contributed by atoms with Crippen molar-refractivity contribution in [1.29, 1.82) is 0 Å². The summed E-state index contributed by atoms with van der Waals surface area (Å²) in [5, 5.41) is 10.9. The Morgan fingerprint density at radius 3 is 2.71 bits per heavy atom. The summed E-state index contributed by atoms with van der Waals surface area (Å²) in [5.41, 5.74) is 0.989. The third-order valence-corrected chi connectivity index (χ3v) is 4.69. The molecule has 0 amide bonds. The van der Waals surface area contributed by atoms with Gasteiger partial charge in [0.25, 0.3) is 0 Å². The van der Waals surface area contributed by atoms with E-state index in [1.807, 2.05) is 25.1 Å². The molecule has 1 aromatic rings. The van der Waals surface area contributed by atoms with Crippen molar-refractivity contribution in [2.24, 2.45) is 0 Å². The van der Waals surface area contributed by atoms with E-state index in [0.29, 0.717) is 19.2 Å². The average Bonchev–Trinajstić information content (AvgIpc) is 2.49. The molecule has 0 saturated heterocycles. The second-order valence-electron chi connectivity index (χ2n) is 6.11. The highest BCUT2D eigenvalue weighted by molar-refractivity contribution is 6.31. The molecule has 2 rings (SSSR count). The minimum Gasteiger partial charge on any atom is -0.491 e. The summed E-state index contributed by atoms with van der Waals surface area (Å²) < 4.78 is 5.66. The van der Waals surface area contributed by atoms with E-state index in [1.54, 1.807) is 0 Å². The lowest BCUT2D eigenvalue weighted by atomic mass is 9.94. The van der Waals surface area contributed by atoms with Crippen molar-refractivity contribution in [3.05, 3.63) is 28.8 Å². The number of aliphatic hydroxyl groups excluding tert-OH is 1. The van der Waals surface area contributed by atoms with Crippen LogP contribution in [0.5, 0.6) is 5.75 Å². The molecule has 0 radical (unpaired) electrons. The molecule has 4 heteroatoms. The Labute approximate surface area is 132 Å². The zero-order chi connectivity index (χ0) is 15.2. The first-order valence-corrected chi connectivity index (χ1v) is 8.21. The quantitative estimate of drug-likeness (QED) is 0.870. The number of aryl methyl sites for hydroxylation is 1. The van der Waals surface area contributed by atoms with E-state index in [2.05, 4.69) is 11.9 Å². The van der Waals surface area contributed by atoms with Crippen LogP contribution in [0, 0.1) is 6.92 Å². The van der Waals surface area contributed by atoms with E-state index in [-0.39, 0.29) is 0 Å². The first-order valence-electron chi connectivity index (χ1n) is 7.83. The lowest BCUT2D eigenvalue weighted by Crippen LogP contribution is -2.40. The molecule has 1 aromatic carbocycles. The number of aliphatic hydroxyl groups is 1. The smallest absolute Gasteiger partial charge is 0.119 e. The molecule has 1 fully saturated rings. The van der Waals surface area contributed by atoms with Gasteiger partial charge in [-0.2, -0.15) is 0 Å². The molecule has 0 unspecified atom stereocenters. The molecule has 1 atom stereocenters. The van der Waals surface area contributed by atoms with Crippen LogP contribution in [0.3, 0.4) is 0 Å². The minimum atomic E-state index is -0.465. The van der Waals surface area contributed by atoms with Crippen molar-refractivity contribution >= 4 is 11.6 Å². The summed E-state index contributed by atoms with van der Waals surface area (Å²) in [7, 11) is 2.10.